The average molecular weight is 459 g/mol. The Morgan fingerprint density at radius 2 is 1.85 bits per heavy atom. The molecule has 2 aromatic carbocycles. The van der Waals surface area contributed by atoms with E-state index < -0.39 is 23.5 Å². The summed E-state index contributed by atoms with van der Waals surface area (Å²) < 4.78 is 54.5. The number of nitrogens with zero attached hydrogens (tertiary/aromatic N) is 1. The third kappa shape index (κ3) is 4.71. The van der Waals surface area contributed by atoms with Crippen molar-refractivity contribution < 1.29 is 27.2 Å². The molecule has 0 saturated carbocycles. The van der Waals surface area contributed by atoms with E-state index in [0.29, 0.717) is 17.6 Å². The average Bonchev–Trinajstić information content (AvgIpc) is 3.13. The van der Waals surface area contributed by atoms with Crippen molar-refractivity contribution in [3.8, 4) is 0 Å². The molecular weight excluding hydrogens is 442 g/mol. The van der Waals surface area contributed by atoms with Gasteiger partial charge in [0.15, 0.2) is 0 Å². The third-order valence-corrected chi connectivity index (χ3v) is 4.94. The highest BCUT2D eigenvalue weighted by Crippen LogP contribution is 2.38. The molecule has 4 N–H and O–H groups in total. The first kappa shape index (κ1) is 22.1. The van der Waals surface area contributed by atoms with Crippen molar-refractivity contribution in [2.75, 3.05) is 23.0 Å². The van der Waals surface area contributed by atoms with Crippen molar-refractivity contribution in [3.63, 3.8) is 0 Å². The highest BCUT2D eigenvalue weighted by molar-refractivity contribution is 6.01. The van der Waals surface area contributed by atoms with Crippen LogP contribution >= 0.6 is 0 Å². The second kappa shape index (κ2) is 8.41. The van der Waals surface area contributed by atoms with Crippen molar-refractivity contribution in [2.45, 2.75) is 12.6 Å². The Bertz CT molecular complexity index is 1260. The molecule has 11 heteroatoms. The largest absolute Gasteiger partial charge is 0.419 e. The summed E-state index contributed by atoms with van der Waals surface area (Å²) in [5, 5.41) is 10.5. The van der Waals surface area contributed by atoms with E-state index in [9.17, 15) is 27.2 Å². The van der Waals surface area contributed by atoms with E-state index in [1.807, 2.05) is 0 Å². The number of anilines is 5. The first-order valence-corrected chi connectivity index (χ1v) is 9.70. The smallest absolute Gasteiger partial charge is 0.355 e. The van der Waals surface area contributed by atoms with Gasteiger partial charge in [0.2, 0.25) is 5.91 Å². The van der Waals surface area contributed by atoms with Gasteiger partial charge < -0.3 is 21.3 Å². The van der Waals surface area contributed by atoms with Crippen LogP contribution in [-0.4, -0.2) is 23.8 Å². The van der Waals surface area contributed by atoms with Crippen LogP contribution in [0.25, 0.3) is 0 Å². The Hall–Kier alpha value is -4.15. The molecule has 2 amide bonds. The van der Waals surface area contributed by atoms with Crippen LogP contribution in [0, 0.1) is 5.82 Å². The predicted molar refractivity (Wildman–Crippen MR) is 114 cm³/mol. The molecule has 1 aliphatic rings. The summed E-state index contributed by atoms with van der Waals surface area (Å²) in [5.74, 6) is -1.44. The van der Waals surface area contributed by atoms with E-state index in [1.165, 1.54) is 13.1 Å². The Kier molecular flexibility index (Phi) is 5.62. The number of fused-ring (bicyclic) bond motifs is 1. The molecule has 4 rings (SSSR count). The summed E-state index contributed by atoms with van der Waals surface area (Å²) >= 11 is 0. The number of pyridine rings is 1. The van der Waals surface area contributed by atoms with Crippen molar-refractivity contribution in [3.05, 3.63) is 71.2 Å². The number of nitrogens with one attached hydrogen (secondary N) is 4. The highest BCUT2D eigenvalue weighted by Gasteiger charge is 2.34. The summed E-state index contributed by atoms with van der Waals surface area (Å²) in [6.45, 7) is 0. The molecule has 0 radical (unpaired) electrons. The fourth-order valence-electron chi connectivity index (χ4n) is 3.39. The Morgan fingerprint density at radius 1 is 1.06 bits per heavy atom. The SMILES string of the molecule is CNC(=O)c1cc(F)ccc1Nc1cc(Nc2ccc3c(c2)NC(=O)C3)ncc1C(F)(F)F. The molecule has 1 aliphatic heterocycles. The fourth-order valence-corrected chi connectivity index (χ4v) is 3.39. The summed E-state index contributed by atoms with van der Waals surface area (Å²) in [6, 6.07) is 9.32. The van der Waals surface area contributed by atoms with Crippen molar-refractivity contribution in [2.24, 2.45) is 0 Å². The number of benzene rings is 2. The molecule has 7 nitrogen and oxygen atoms in total. The van der Waals surface area contributed by atoms with E-state index in [-0.39, 0.29) is 35.1 Å². The summed E-state index contributed by atoms with van der Waals surface area (Å²) in [4.78, 5) is 27.5. The number of alkyl halides is 3. The topological polar surface area (TPSA) is 95.1 Å². The lowest BCUT2D eigenvalue weighted by atomic mass is 10.1. The Labute approximate surface area is 185 Å². The standard InChI is InChI=1S/C22H17F4N5O2/c1-27-21(33)14-7-12(23)3-5-16(14)30-18-9-19(28-10-15(18)22(24,25)26)29-13-4-2-11-6-20(32)31-17(11)8-13/h2-5,7-10H,6H2,1H3,(H,27,33)(H,31,32)(H2,28,29,30). The van der Waals surface area contributed by atoms with Gasteiger partial charge in [0.05, 0.1) is 28.9 Å². The molecule has 1 aromatic heterocycles. The van der Waals surface area contributed by atoms with Gasteiger partial charge in [-0.15, -0.1) is 0 Å². The first-order valence-electron chi connectivity index (χ1n) is 9.70. The Morgan fingerprint density at radius 3 is 2.58 bits per heavy atom. The van der Waals surface area contributed by atoms with Gasteiger partial charge in [0, 0.05) is 30.7 Å². The highest BCUT2D eigenvalue weighted by atomic mass is 19.4. The zero-order chi connectivity index (χ0) is 23.8. The van der Waals surface area contributed by atoms with E-state index in [0.717, 1.165) is 23.8 Å². The van der Waals surface area contributed by atoms with Gasteiger partial charge in [-0.05, 0) is 35.9 Å². The molecule has 33 heavy (non-hydrogen) atoms. The van der Waals surface area contributed by atoms with Gasteiger partial charge >= 0.3 is 6.18 Å². The van der Waals surface area contributed by atoms with Gasteiger partial charge in [-0.25, -0.2) is 9.37 Å². The van der Waals surface area contributed by atoms with E-state index >= 15 is 0 Å². The zero-order valence-electron chi connectivity index (χ0n) is 17.1. The minimum absolute atomic E-state index is 0.0151. The minimum atomic E-state index is -4.74. The van der Waals surface area contributed by atoms with Gasteiger partial charge in [0.25, 0.3) is 5.91 Å². The van der Waals surface area contributed by atoms with Crippen LogP contribution < -0.4 is 21.3 Å². The fraction of sp³-hybridized carbons (Fsp3) is 0.136. The van der Waals surface area contributed by atoms with Crippen LogP contribution in [0.15, 0.2) is 48.7 Å². The minimum Gasteiger partial charge on any atom is -0.355 e. The molecule has 0 fully saturated rings. The van der Waals surface area contributed by atoms with Crippen LogP contribution in [-0.2, 0) is 17.4 Å². The molecule has 0 unspecified atom stereocenters. The lowest BCUT2D eigenvalue weighted by Gasteiger charge is -2.18. The van der Waals surface area contributed by atoms with Crippen molar-refractivity contribution in [1.82, 2.24) is 10.3 Å². The number of halogens is 4. The Balaban J connectivity index is 1.69. The second-order valence-electron chi connectivity index (χ2n) is 7.23. The maximum absolute atomic E-state index is 13.6. The van der Waals surface area contributed by atoms with Crippen molar-refractivity contribution >= 4 is 40.4 Å². The predicted octanol–water partition coefficient (Wildman–Crippen LogP) is 4.58. The number of carbonyl (C=O) groups excluding carboxylic acids is 2. The molecular formula is C22H17F4N5O2. The summed E-state index contributed by atoms with van der Waals surface area (Å²) in [7, 11) is 1.33. The molecule has 2 heterocycles. The first-order chi connectivity index (χ1) is 15.6. The molecule has 3 aromatic rings. The maximum atomic E-state index is 13.6. The number of hydrogen-bond donors (Lipinski definition) is 4. The quantitative estimate of drug-likeness (QED) is 0.419. The van der Waals surface area contributed by atoms with Gasteiger partial charge in [-0.1, -0.05) is 6.07 Å². The van der Waals surface area contributed by atoms with Gasteiger partial charge in [-0.3, -0.25) is 9.59 Å². The lowest BCUT2D eigenvalue weighted by Crippen LogP contribution is -2.20. The second-order valence-corrected chi connectivity index (χ2v) is 7.23. The molecule has 0 spiro atoms. The molecule has 0 aliphatic carbocycles. The van der Waals surface area contributed by atoms with Crippen molar-refractivity contribution in [1.29, 1.82) is 0 Å². The summed E-state index contributed by atoms with van der Waals surface area (Å²) in [6.07, 6.45) is -3.82. The van der Waals surface area contributed by atoms with Crippen LogP contribution in [0.2, 0.25) is 0 Å². The van der Waals surface area contributed by atoms with Gasteiger partial charge in [-0.2, -0.15) is 13.2 Å². The van der Waals surface area contributed by atoms with Crippen LogP contribution in [0.4, 0.5) is 46.1 Å². The van der Waals surface area contributed by atoms with E-state index in [1.54, 1.807) is 18.2 Å². The normalized spacial score (nSPS) is 12.7. The molecule has 0 saturated heterocycles. The van der Waals surface area contributed by atoms with Gasteiger partial charge in [0.1, 0.15) is 11.6 Å². The monoisotopic (exact) mass is 459 g/mol. The summed E-state index contributed by atoms with van der Waals surface area (Å²) in [5.41, 5.74) is 0.294. The lowest BCUT2D eigenvalue weighted by molar-refractivity contribution is -0.137. The number of aromatic nitrogens is 1. The van der Waals surface area contributed by atoms with Crippen LogP contribution in [0.3, 0.4) is 0 Å². The number of amides is 2. The van der Waals surface area contributed by atoms with Crippen LogP contribution in [0.5, 0.6) is 0 Å². The molecule has 170 valence electrons. The third-order valence-electron chi connectivity index (χ3n) is 4.94. The van der Waals surface area contributed by atoms with E-state index in [4.69, 9.17) is 0 Å². The number of rotatable bonds is 5. The molecule has 0 atom stereocenters. The molecule has 0 bridgehead atoms. The number of hydrogen-bond acceptors (Lipinski definition) is 5. The number of carbonyl (C=O) groups is 2. The van der Waals surface area contributed by atoms with E-state index in [2.05, 4.69) is 26.3 Å². The van der Waals surface area contributed by atoms with Crippen LogP contribution in [0.1, 0.15) is 21.5 Å². The zero-order valence-corrected chi connectivity index (χ0v) is 17.1. The maximum Gasteiger partial charge on any atom is 0.419 e.